The average molecular weight is 300 g/mol. The van der Waals surface area contributed by atoms with Gasteiger partial charge in [-0.25, -0.2) is 0 Å². The molecule has 0 spiro atoms. The number of hydrogen-bond acceptors (Lipinski definition) is 6. The van der Waals surface area contributed by atoms with Crippen LogP contribution in [0.1, 0.15) is 21.5 Å². The Morgan fingerprint density at radius 2 is 1.55 bits per heavy atom. The van der Waals surface area contributed by atoms with E-state index in [0.717, 1.165) is 6.07 Å². The van der Waals surface area contributed by atoms with Crippen molar-refractivity contribution in [1.29, 1.82) is 0 Å². The van der Waals surface area contributed by atoms with E-state index in [1.807, 2.05) is 0 Å². The number of phenolic OH excluding ortho intramolecular Hbond substituents is 4. The Balaban J connectivity index is 2.16. The molecule has 2 aromatic carbocycles. The molecule has 0 saturated heterocycles. The van der Waals surface area contributed by atoms with E-state index >= 15 is 0 Å². The van der Waals surface area contributed by atoms with Crippen molar-refractivity contribution in [2.24, 2.45) is 0 Å². The SMILES string of the molecule is O=C1C(O)=C(c2ccc(O)c(O)c2)Cc2cc(O)cc(O)c21. The average Bonchev–Trinajstić information content (AvgIpc) is 2.45. The van der Waals surface area contributed by atoms with Crippen LogP contribution in [-0.4, -0.2) is 31.3 Å². The van der Waals surface area contributed by atoms with Crippen molar-refractivity contribution in [2.45, 2.75) is 6.42 Å². The van der Waals surface area contributed by atoms with Crippen LogP contribution in [0.25, 0.3) is 5.57 Å². The van der Waals surface area contributed by atoms with E-state index in [1.165, 1.54) is 24.3 Å². The molecule has 6 nitrogen and oxygen atoms in total. The molecule has 0 aromatic heterocycles. The van der Waals surface area contributed by atoms with E-state index in [-0.39, 0.29) is 34.8 Å². The second kappa shape index (κ2) is 4.70. The molecule has 3 rings (SSSR count). The summed E-state index contributed by atoms with van der Waals surface area (Å²) < 4.78 is 0. The summed E-state index contributed by atoms with van der Waals surface area (Å²) in [6.07, 6.45) is 0.0824. The molecule has 5 N–H and O–H groups in total. The van der Waals surface area contributed by atoms with Gasteiger partial charge in [-0.15, -0.1) is 0 Å². The maximum Gasteiger partial charge on any atom is 0.231 e. The number of benzene rings is 2. The number of aliphatic hydroxyl groups excluding tert-OH is 1. The molecule has 0 saturated carbocycles. The summed E-state index contributed by atoms with van der Waals surface area (Å²) in [6, 6.07) is 6.27. The highest BCUT2D eigenvalue weighted by Crippen LogP contribution is 2.39. The van der Waals surface area contributed by atoms with Crippen molar-refractivity contribution in [1.82, 2.24) is 0 Å². The normalized spacial score (nSPS) is 14.1. The molecule has 6 heteroatoms. The van der Waals surface area contributed by atoms with Gasteiger partial charge in [0.1, 0.15) is 11.5 Å². The predicted molar refractivity (Wildman–Crippen MR) is 77.1 cm³/mol. The Labute approximate surface area is 124 Å². The van der Waals surface area contributed by atoms with Crippen LogP contribution in [0.2, 0.25) is 0 Å². The number of aromatic hydroxyl groups is 4. The van der Waals surface area contributed by atoms with Crippen LogP contribution < -0.4 is 0 Å². The molecular formula is C16H12O6. The summed E-state index contributed by atoms with van der Waals surface area (Å²) >= 11 is 0. The first-order valence-corrected chi connectivity index (χ1v) is 6.42. The van der Waals surface area contributed by atoms with Gasteiger partial charge < -0.3 is 25.5 Å². The number of carbonyl (C=O) groups excluding carboxylic acids is 1. The minimum atomic E-state index is -0.763. The molecule has 1 aliphatic rings. The number of hydrogen-bond donors (Lipinski definition) is 5. The lowest BCUT2D eigenvalue weighted by Crippen LogP contribution is -2.16. The van der Waals surface area contributed by atoms with Gasteiger partial charge in [0, 0.05) is 18.1 Å². The Hall–Kier alpha value is -3.15. The zero-order valence-electron chi connectivity index (χ0n) is 11.2. The Morgan fingerprint density at radius 3 is 2.23 bits per heavy atom. The lowest BCUT2D eigenvalue weighted by Gasteiger charge is -2.20. The van der Waals surface area contributed by atoms with Crippen LogP contribution >= 0.6 is 0 Å². The fraction of sp³-hybridized carbons (Fsp3) is 0.0625. The first kappa shape index (κ1) is 13.8. The number of rotatable bonds is 1. The number of allylic oxidation sites excluding steroid dienone is 2. The first-order chi connectivity index (χ1) is 10.4. The highest BCUT2D eigenvalue weighted by Gasteiger charge is 2.30. The molecule has 0 aliphatic heterocycles. The number of fused-ring (bicyclic) bond motifs is 1. The quantitative estimate of drug-likeness (QED) is 0.515. The molecule has 2 aromatic rings. The van der Waals surface area contributed by atoms with Crippen LogP contribution in [-0.2, 0) is 6.42 Å². The van der Waals surface area contributed by atoms with Gasteiger partial charge in [-0.2, -0.15) is 0 Å². The molecule has 0 amide bonds. The van der Waals surface area contributed by atoms with Gasteiger partial charge in [-0.05, 0) is 29.3 Å². The summed E-state index contributed by atoms with van der Waals surface area (Å²) in [5.41, 5.74) is 0.900. The lowest BCUT2D eigenvalue weighted by molar-refractivity contribution is 0.0972. The van der Waals surface area contributed by atoms with E-state index in [0.29, 0.717) is 11.1 Å². The number of phenols is 4. The Kier molecular flexibility index (Phi) is 2.95. The summed E-state index contributed by atoms with van der Waals surface area (Å²) in [6.45, 7) is 0. The van der Waals surface area contributed by atoms with Gasteiger partial charge in [-0.1, -0.05) is 6.07 Å². The van der Waals surface area contributed by atoms with Gasteiger partial charge in [-0.3, -0.25) is 4.79 Å². The third-order valence-corrected chi connectivity index (χ3v) is 3.60. The fourth-order valence-electron chi connectivity index (χ4n) is 2.55. The number of aliphatic hydroxyl groups is 1. The Morgan fingerprint density at radius 1 is 0.818 bits per heavy atom. The molecule has 0 heterocycles. The fourth-order valence-corrected chi connectivity index (χ4v) is 2.55. The third kappa shape index (κ3) is 2.01. The van der Waals surface area contributed by atoms with Crippen molar-refractivity contribution < 1.29 is 30.3 Å². The lowest BCUT2D eigenvalue weighted by atomic mass is 9.85. The van der Waals surface area contributed by atoms with Gasteiger partial charge >= 0.3 is 0 Å². The number of ketones is 1. The van der Waals surface area contributed by atoms with Crippen LogP contribution in [0.5, 0.6) is 23.0 Å². The molecule has 0 unspecified atom stereocenters. The van der Waals surface area contributed by atoms with Crippen molar-refractivity contribution in [2.75, 3.05) is 0 Å². The van der Waals surface area contributed by atoms with Crippen LogP contribution in [0, 0.1) is 0 Å². The Bertz CT molecular complexity index is 835. The minimum Gasteiger partial charge on any atom is -0.508 e. The number of carbonyl (C=O) groups is 1. The third-order valence-electron chi connectivity index (χ3n) is 3.60. The van der Waals surface area contributed by atoms with Gasteiger partial charge in [0.05, 0.1) is 5.56 Å². The van der Waals surface area contributed by atoms with E-state index in [1.54, 1.807) is 0 Å². The van der Waals surface area contributed by atoms with Crippen LogP contribution in [0.4, 0.5) is 0 Å². The van der Waals surface area contributed by atoms with Crippen molar-refractivity contribution in [3.05, 3.63) is 52.8 Å². The maximum absolute atomic E-state index is 12.2. The summed E-state index contributed by atoms with van der Waals surface area (Å²) in [7, 11) is 0. The zero-order valence-corrected chi connectivity index (χ0v) is 11.2. The van der Waals surface area contributed by atoms with Crippen LogP contribution in [0.3, 0.4) is 0 Å². The zero-order chi connectivity index (χ0) is 16.0. The highest BCUT2D eigenvalue weighted by atomic mass is 16.3. The molecule has 0 atom stereocenters. The molecule has 1 aliphatic carbocycles. The summed E-state index contributed by atoms with van der Waals surface area (Å²) in [5.74, 6) is -2.60. The maximum atomic E-state index is 12.2. The molecule has 0 bridgehead atoms. The monoisotopic (exact) mass is 300 g/mol. The van der Waals surface area contributed by atoms with E-state index in [9.17, 15) is 30.3 Å². The van der Waals surface area contributed by atoms with Gasteiger partial charge in [0.2, 0.25) is 5.78 Å². The molecule has 0 fully saturated rings. The minimum absolute atomic E-state index is 0.0537. The second-order valence-corrected chi connectivity index (χ2v) is 5.04. The van der Waals surface area contributed by atoms with Crippen LogP contribution in [0.15, 0.2) is 36.1 Å². The van der Waals surface area contributed by atoms with Gasteiger partial charge in [0.15, 0.2) is 17.3 Å². The van der Waals surface area contributed by atoms with Crippen molar-refractivity contribution >= 4 is 11.4 Å². The first-order valence-electron chi connectivity index (χ1n) is 6.42. The molecule has 112 valence electrons. The van der Waals surface area contributed by atoms with E-state index in [2.05, 4.69) is 0 Å². The standard InChI is InChI=1S/C16H12O6/c17-9-3-8-4-10(7-1-2-11(18)12(19)5-7)15(21)16(22)14(8)13(20)6-9/h1-3,5-6,17-21H,4H2. The molecule has 22 heavy (non-hydrogen) atoms. The second-order valence-electron chi connectivity index (χ2n) is 5.04. The molecule has 0 radical (unpaired) electrons. The topological polar surface area (TPSA) is 118 Å². The van der Waals surface area contributed by atoms with Crippen molar-refractivity contribution in [3.63, 3.8) is 0 Å². The summed E-state index contributed by atoms with van der Waals surface area (Å²) in [5, 5.41) is 48.3. The van der Waals surface area contributed by atoms with E-state index in [4.69, 9.17) is 0 Å². The van der Waals surface area contributed by atoms with Crippen molar-refractivity contribution in [3.8, 4) is 23.0 Å². The smallest absolute Gasteiger partial charge is 0.231 e. The largest absolute Gasteiger partial charge is 0.508 e. The predicted octanol–water partition coefficient (Wildman–Crippen LogP) is 2.22. The van der Waals surface area contributed by atoms with Gasteiger partial charge in [0.25, 0.3) is 0 Å². The highest BCUT2D eigenvalue weighted by molar-refractivity contribution is 6.16. The number of Topliss-reactive ketones (excluding diaryl/α,β-unsaturated/α-hetero) is 1. The van der Waals surface area contributed by atoms with E-state index < -0.39 is 17.3 Å². The molecular weight excluding hydrogens is 288 g/mol. The summed E-state index contributed by atoms with van der Waals surface area (Å²) in [4.78, 5) is 12.2.